The lowest BCUT2D eigenvalue weighted by Gasteiger charge is -2.31. The Morgan fingerprint density at radius 3 is 2.59 bits per heavy atom. The van der Waals surface area contributed by atoms with Crippen LogP contribution in [0.15, 0.2) is 66.7 Å². The minimum Gasteiger partial charge on any atom is -0.452 e. The number of carbonyl (C=O) groups excluding carboxylic acids is 1. The minimum absolute atomic E-state index is 0.164. The number of para-hydroxylation sites is 1. The van der Waals surface area contributed by atoms with Gasteiger partial charge in [-0.05, 0) is 17.2 Å². The first-order valence-electron chi connectivity index (χ1n) is 7.17. The van der Waals surface area contributed by atoms with Crippen LogP contribution in [0.25, 0.3) is 12.2 Å². The molecule has 110 valence electrons. The van der Waals surface area contributed by atoms with Gasteiger partial charge >= 0.3 is 6.09 Å². The highest BCUT2D eigenvalue weighted by atomic mass is 16.5. The Morgan fingerprint density at radius 2 is 1.82 bits per heavy atom. The number of ether oxygens (including phenoxy) is 1. The zero-order valence-corrected chi connectivity index (χ0v) is 12.3. The van der Waals surface area contributed by atoms with Crippen LogP contribution in [0.1, 0.15) is 11.1 Å². The van der Waals surface area contributed by atoms with Crippen LogP contribution in [0, 0.1) is 0 Å². The van der Waals surface area contributed by atoms with Gasteiger partial charge < -0.3 is 4.74 Å². The van der Waals surface area contributed by atoms with E-state index in [1.54, 1.807) is 4.90 Å². The Bertz CT molecular complexity index is 719. The van der Waals surface area contributed by atoms with E-state index in [1.165, 1.54) is 7.11 Å². The third-order valence-corrected chi connectivity index (χ3v) is 3.62. The Labute approximate surface area is 130 Å². The van der Waals surface area contributed by atoms with E-state index in [-0.39, 0.29) is 12.1 Å². The van der Waals surface area contributed by atoms with Crippen LogP contribution in [-0.2, 0) is 4.74 Å². The summed E-state index contributed by atoms with van der Waals surface area (Å²) in [6.45, 7) is 0. The van der Waals surface area contributed by atoms with Gasteiger partial charge in [0.1, 0.15) is 0 Å². The van der Waals surface area contributed by atoms with Crippen molar-refractivity contribution in [2.24, 2.45) is 0 Å². The fourth-order valence-corrected chi connectivity index (χ4v) is 2.54. The number of carbonyl (C=O) groups is 1. The van der Waals surface area contributed by atoms with Crippen molar-refractivity contribution in [1.29, 1.82) is 0 Å². The molecule has 1 aliphatic heterocycles. The molecule has 1 amide bonds. The number of hydrogen-bond acceptors (Lipinski definition) is 2. The molecule has 3 rings (SSSR count). The second-order valence-electron chi connectivity index (χ2n) is 5.02. The van der Waals surface area contributed by atoms with E-state index in [0.717, 1.165) is 16.8 Å². The van der Waals surface area contributed by atoms with Gasteiger partial charge in [0.2, 0.25) is 0 Å². The summed E-state index contributed by atoms with van der Waals surface area (Å²) in [5.41, 5.74) is 2.97. The van der Waals surface area contributed by atoms with Gasteiger partial charge in [0, 0.05) is 0 Å². The number of nitrogens with zero attached hydrogens (tertiary/aromatic N) is 1. The van der Waals surface area contributed by atoms with Crippen molar-refractivity contribution in [2.75, 3.05) is 12.0 Å². The Morgan fingerprint density at radius 1 is 1.09 bits per heavy atom. The minimum atomic E-state index is -0.362. The summed E-state index contributed by atoms with van der Waals surface area (Å²) in [6, 6.07) is 17.6. The van der Waals surface area contributed by atoms with Crippen LogP contribution in [0.3, 0.4) is 0 Å². The Kier molecular flexibility index (Phi) is 4.05. The fraction of sp³-hybridized carbons (Fsp3) is 0.105. The maximum atomic E-state index is 12.2. The molecule has 3 heteroatoms. The molecular weight excluding hydrogens is 274 g/mol. The molecule has 2 aromatic rings. The van der Waals surface area contributed by atoms with Gasteiger partial charge in [0.25, 0.3) is 0 Å². The zero-order chi connectivity index (χ0) is 15.4. The normalized spacial score (nSPS) is 16.6. The van der Waals surface area contributed by atoms with E-state index in [1.807, 2.05) is 78.9 Å². The van der Waals surface area contributed by atoms with Crippen LogP contribution >= 0.6 is 0 Å². The molecule has 0 fully saturated rings. The predicted octanol–water partition coefficient (Wildman–Crippen LogP) is 4.37. The third-order valence-electron chi connectivity index (χ3n) is 3.62. The number of benzene rings is 2. The quantitative estimate of drug-likeness (QED) is 0.822. The molecule has 0 aromatic heterocycles. The molecule has 1 unspecified atom stereocenters. The van der Waals surface area contributed by atoms with Crippen LogP contribution in [0.2, 0.25) is 0 Å². The topological polar surface area (TPSA) is 29.5 Å². The van der Waals surface area contributed by atoms with E-state index >= 15 is 0 Å². The van der Waals surface area contributed by atoms with Gasteiger partial charge in [-0.15, -0.1) is 0 Å². The summed E-state index contributed by atoms with van der Waals surface area (Å²) >= 11 is 0. The van der Waals surface area contributed by atoms with Crippen LogP contribution in [0.5, 0.6) is 0 Å². The number of amides is 1. The van der Waals surface area contributed by atoms with Crippen molar-refractivity contribution in [1.82, 2.24) is 0 Å². The van der Waals surface area contributed by atoms with E-state index in [0.29, 0.717) is 0 Å². The highest BCUT2D eigenvalue weighted by Crippen LogP contribution is 2.30. The number of anilines is 1. The Balaban J connectivity index is 1.94. The lowest BCUT2D eigenvalue weighted by molar-refractivity contribution is 0.178. The van der Waals surface area contributed by atoms with E-state index in [9.17, 15) is 4.79 Å². The second-order valence-corrected chi connectivity index (χ2v) is 5.02. The van der Waals surface area contributed by atoms with Crippen molar-refractivity contribution >= 4 is 23.9 Å². The van der Waals surface area contributed by atoms with E-state index in [2.05, 4.69) is 0 Å². The van der Waals surface area contributed by atoms with Gasteiger partial charge in [-0.2, -0.15) is 0 Å². The average molecular weight is 291 g/mol. The molecule has 22 heavy (non-hydrogen) atoms. The molecule has 0 aliphatic carbocycles. The summed E-state index contributed by atoms with van der Waals surface area (Å²) in [6.07, 6.45) is 7.69. The first-order valence-corrected chi connectivity index (χ1v) is 7.17. The summed E-state index contributed by atoms with van der Waals surface area (Å²) < 4.78 is 4.95. The third kappa shape index (κ3) is 2.79. The highest BCUT2D eigenvalue weighted by molar-refractivity contribution is 5.94. The molecule has 2 aromatic carbocycles. The molecule has 0 spiro atoms. The molecule has 0 bridgehead atoms. The van der Waals surface area contributed by atoms with E-state index in [4.69, 9.17) is 4.74 Å². The standard InChI is InChI=1S/C19H17NO2/c1-22-19(21)20-17(13-11-15-7-3-2-4-8-15)14-12-16-9-5-6-10-18(16)20/h2-14,17H,1H3/b13-11+. The first-order chi connectivity index (χ1) is 10.8. The summed E-state index contributed by atoms with van der Waals surface area (Å²) in [4.78, 5) is 13.8. The molecule has 1 heterocycles. The van der Waals surface area contributed by atoms with Gasteiger partial charge in [0.05, 0.1) is 18.8 Å². The summed E-state index contributed by atoms with van der Waals surface area (Å²) in [5, 5.41) is 0. The molecule has 0 saturated heterocycles. The predicted molar refractivity (Wildman–Crippen MR) is 89.6 cm³/mol. The molecular formula is C19H17NO2. The monoisotopic (exact) mass is 291 g/mol. The molecule has 1 aliphatic rings. The summed E-state index contributed by atoms with van der Waals surface area (Å²) in [7, 11) is 1.40. The van der Waals surface area contributed by atoms with Gasteiger partial charge in [-0.1, -0.05) is 72.8 Å². The van der Waals surface area contributed by atoms with Crippen molar-refractivity contribution in [3.8, 4) is 0 Å². The van der Waals surface area contributed by atoms with E-state index < -0.39 is 0 Å². The average Bonchev–Trinajstić information content (AvgIpc) is 2.59. The number of methoxy groups -OCH3 is 1. The fourth-order valence-electron chi connectivity index (χ4n) is 2.54. The highest BCUT2D eigenvalue weighted by Gasteiger charge is 2.26. The largest absolute Gasteiger partial charge is 0.452 e. The summed E-state index contributed by atoms with van der Waals surface area (Å²) in [5.74, 6) is 0. The second kappa shape index (κ2) is 6.31. The molecule has 1 atom stereocenters. The maximum Gasteiger partial charge on any atom is 0.414 e. The molecule has 0 radical (unpaired) electrons. The van der Waals surface area contributed by atoms with Gasteiger partial charge in [-0.3, -0.25) is 4.90 Å². The maximum absolute atomic E-state index is 12.2. The number of fused-ring (bicyclic) bond motifs is 1. The smallest absolute Gasteiger partial charge is 0.414 e. The molecule has 3 nitrogen and oxygen atoms in total. The first kappa shape index (κ1) is 14.1. The van der Waals surface area contributed by atoms with Crippen molar-refractivity contribution < 1.29 is 9.53 Å². The van der Waals surface area contributed by atoms with Gasteiger partial charge in [-0.25, -0.2) is 4.79 Å². The SMILES string of the molecule is COC(=O)N1c2ccccc2C=CC1/C=C/c1ccccc1. The molecule has 0 saturated carbocycles. The van der Waals surface area contributed by atoms with Crippen molar-refractivity contribution in [3.63, 3.8) is 0 Å². The van der Waals surface area contributed by atoms with Crippen LogP contribution in [0.4, 0.5) is 10.5 Å². The Hall–Kier alpha value is -2.81. The zero-order valence-electron chi connectivity index (χ0n) is 12.3. The number of hydrogen-bond donors (Lipinski definition) is 0. The molecule has 0 N–H and O–H groups in total. The van der Waals surface area contributed by atoms with Crippen molar-refractivity contribution in [3.05, 3.63) is 77.9 Å². The lowest BCUT2D eigenvalue weighted by atomic mass is 10.0. The van der Waals surface area contributed by atoms with Crippen LogP contribution < -0.4 is 4.90 Å². The lowest BCUT2D eigenvalue weighted by Crippen LogP contribution is -2.40. The van der Waals surface area contributed by atoms with Gasteiger partial charge in [0.15, 0.2) is 0 Å². The number of rotatable bonds is 2. The van der Waals surface area contributed by atoms with Crippen LogP contribution in [-0.4, -0.2) is 19.2 Å². The van der Waals surface area contributed by atoms with Crippen molar-refractivity contribution in [2.45, 2.75) is 6.04 Å².